The van der Waals surface area contributed by atoms with Gasteiger partial charge in [0, 0.05) is 43.9 Å². The molecule has 5 heteroatoms. The van der Waals surface area contributed by atoms with Crippen molar-refractivity contribution < 1.29 is 4.42 Å². The number of benzene rings is 8. The fraction of sp³-hybridized carbons (Fsp3) is 0.0577. The summed E-state index contributed by atoms with van der Waals surface area (Å²) < 4.78 is 9.83. The fourth-order valence-electron chi connectivity index (χ4n) is 9.19. The molecule has 0 saturated heterocycles. The molecule has 8 aromatic carbocycles. The van der Waals surface area contributed by atoms with E-state index >= 15 is 0 Å². The highest BCUT2D eigenvalue weighted by Gasteiger charge is 2.37. The molecule has 12 rings (SSSR count). The zero-order valence-electron chi connectivity index (χ0n) is 31.4. The van der Waals surface area contributed by atoms with Crippen LogP contribution >= 0.6 is 11.3 Å². The van der Waals surface area contributed by atoms with E-state index in [2.05, 4.69) is 187 Å². The largest absolute Gasteiger partial charge is 0.456 e. The van der Waals surface area contributed by atoms with Gasteiger partial charge in [0.15, 0.2) is 0 Å². The summed E-state index contributed by atoms with van der Waals surface area (Å²) in [6.07, 6.45) is 0. The third kappa shape index (κ3) is 4.82. The van der Waals surface area contributed by atoms with Crippen molar-refractivity contribution in [3.8, 4) is 27.4 Å². The Bertz CT molecular complexity index is 3390. The highest BCUT2D eigenvalue weighted by molar-refractivity contribution is 7.21. The van der Waals surface area contributed by atoms with Crippen molar-refractivity contribution in [1.29, 1.82) is 0 Å². The lowest BCUT2D eigenvalue weighted by Crippen LogP contribution is -2.30. The number of aromatic nitrogens is 2. The number of rotatable bonds is 4. The maximum Gasteiger partial charge on any atom is 0.135 e. The van der Waals surface area contributed by atoms with Gasteiger partial charge in [-0.2, -0.15) is 0 Å². The first-order valence-corrected chi connectivity index (χ1v) is 20.3. The number of furan rings is 1. The van der Waals surface area contributed by atoms with Crippen LogP contribution in [0.5, 0.6) is 0 Å². The number of fused-ring (bicyclic) bond motifs is 9. The Hall–Kier alpha value is -6.95. The van der Waals surface area contributed by atoms with E-state index in [1.54, 1.807) is 11.3 Å². The molecule has 270 valence electrons. The van der Waals surface area contributed by atoms with Crippen LogP contribution in [0.15, 0.2) is 180 Å². The summed E-state index contributed by atoms with van der Waals surface area (Å²) >= 11 is 1.75. The quantitative estimate of drug-likeness (QED) is 0.180. The van der Waals surface area contributed by atoms with Crippen LogP contribution in [-0.2, 0) is 5.41 Å². The molecule has 4 nitrogen and oxygen atoms in total. The first kappa shape index (κ1) is 32.3. The average molecular weight is 750 g/mol. The molecule has 1 aliphatic rings. The third-order valence-corrected chi connectivity index (χ3v) is 13.1. The van der Waals surface area contributed by atoms with Gasteiger partial charge in [-0.3, -0.25) is 0 Å². The molecule has 0 unspecified atom stereocenters. The molecular weight excluding hydrogens is 715 g/mol. The lowest BCUT2D eigenvalue weighted by molar-refractivity contribution is 0.632. The molecule has 0 amide bonds. The SMILES string of the molecule is CC1(C)c2ccccc2N(c2ccccc2)c2ccc(-c3ccc4c(c3)c3cc5sc(-c6ccccc6)nc5cc3n4-c3ccc4oc5ccccc5c4c3)cc21. The molecule has 0 atom stereocenters. The van der Waals surface area contributed by atoms with Crippen molar-refractivity contribution in [3.63, 3.8) is 0 Å². The van der Waals surface area contributed by atoms with Gasteiger partial charge < -0.3 is 13.9 Å². The third-order valence-electron chi connectivity index (χ3n) is 12.0. The number of anilines is 3. The van der Waals surface area contributed by atoms with Gasteiger partial charge in [0.05, 0.1) is 32.6 Å². The second kappa shape index (κ2) is 12.0. The Morgan fingerprint density at radius 1 is 0.491 bits per heavy atom. The average Bonchev–Trinajstić information content (AvgIpc) is 3.94. The van der Waals surface area contributed by atoms with Gasteiger partial charge in [-0.15, -0.1) is 11.3 Å². The van der Waals surface area contributed by atoms with E-state index in [1.807, 2.05) is 12.1 Å². The molecule has 0 N–H and O–H groups in total. The minimum absolute atomic E-state index is 0.197. The zero-order chi connectivity index (χ0) is 37.8. The minimum atomic E-state index is -0.197. The second-order valence-electron chi connectivity index (χ2n) is 15.6. The van der Waals surface area contributed by atoms with Crippen LogP contribution in [-0.4, -0.2) is 9.55 Å². The predicted molar refractivity (Wildman–Crippen MR) is 239 cm³/mol. The van der Waals surface area contributed by atoms with Gasteiger partial charge in [-0.25, -0.2) is 4.98 Å². The molecule has 3 aromatic heterocycles. The molecular formula is C52H35N3OS. The molecule has 0 fully saturated rings. The van der Waals surface area contributed by atoms with Crippen molar-refractivity contribution in [2.45, 2.75) is 19.3 Å². The van der Waals surface area contributed by atoms with Crippen LogP contribution in [0.4, 0.5) is 17.1 Å². The smallest absolute Gasteiger partial charge is 0.135 e. The molecule has 0 bridgehead atoms. The number of hydrogen-bond donors (Lipinski definition) is 0. The molecule has 0 spiro atoms. The summed E-state index contributed by atoms with van der Waals surface area (Å²) in [6.45, 7) is 4.72. The van der Waals surface area contributed by atoms with E-state index in [9.17, 15) is 0 Å². The molecule has 0 saturated carbocycles. The molecule has 0 radical (unpaired) electrons. The van der Waals surface area contributed by atoms with E-state index in [-0.39, 0.29) is 5.41 Å². The summed E-state index contributed by atoms with van der Waals surface area (Å²) in [5.74, 6) is 0. The summed E-state index contributed by atoms with van der Waals surface area (Å²) in [6, 6.07) is 63.6. The van der Waals surface area contributed by atoms with Crippen molar-refractivity contribution in [3.05, 3.63) is 187 Å². The van der Waals surface area contributed by atoms with Gasteiger partial charge in [0.2, 0.25) is 0 Å². The van der Waals surface area contributed by atoms with E-state index < -0.39 is 0 Å². The van der Waals surface area contributed by atoms with Crippen LogP contribution in [0.3, 0.4) is 0 Å². The highest BCUT2D eigenvalue weighted by atomic mass is 32.1. The predicted octanol–water partition coefficient (Wildman–Crippen LogP) is 14.7. The topological polar surface area (TPSA) is 34.2 Å². The van der Waals surface area contributed by atoms with Crippen molar-refractivity contribution in [2.75, 3.05) is 4.90 Å². The Kier molecular flexibility index (Phi) is 6.82. The van der Waals surface area contributed by atoms with E-state index in [0.717, 1.165) is 60.4 Å². The molecule has 0 aliphatic carbocycles. The van der Waals surface area contributed by atoms with Crippen molar-refractivity contribution in [2.24, 2.45) is 0 Å². The monoisotopic (exact) mass is 749 g/mol. The normalized spacial score (nSPS) is 13.5. The van der Waals surface area contributed by atoms with Crippen LogP contribution in [0, 0.1) is 0 Å². The maximum absolute atomic E-state index is 6.25. The van der Waals surface area contributed by atoms with Gasteiger partial charge in [0.25, 0.3) is 0 Å². The van der Waals surface area contributed by atoms with E-state index in [0.29, 0.717) is 0 Å². The van der Waals surface area contributed by atoms with Crippen LogP contribution in [0.25, 0.3) is 81.3 Å². The number of hydrogen-bond acceptors (Lipinski definition) is 4. The van der Waals surface area contributed by atoms with Crippen LogP contribution < -0.4 is 4.90 Å². The molecule has 1 aliphatic heterocycles. The standard InChI is InChI=1S/C52H35N3OS/c1-52(2)41-18-10-11-19-45(41)54(35-15-7-4-8-16-35)46-25-22-34(28-42(46)52)33-21-24-44-38(27-33)39-30-50-43(53-51(57-50)32-13-5-3-6-14-32)31-47(39)55(44)36-23-26-49-40(29-36)37-17-9-12-20-48(37)56-49/h3-31H,1-2H3. The van der Waals surface area contributed by atoms with Gasteiger partial charge in [0.1, 0.15) is 16.2 Å². The van der Waals surface area contributed by atoms with Crippen molar-refractivity contribution >= 4 is 82.4 Å². The molecule has 57 heavy (non-hydrogen) atoms. The van der Waals surface area contributed by atoms with Gasteiger partial charge in [-0.1, -0.05) is 111 Å². The fourth-order valence-corrected chi connectivity index (χ4v) is 10.2. The second-order valence-corrected chi connectivity index (χ2v) is 16.6. The number of nitrogens with zero attached hydrogens (tertiary/aromatic N) is 3. The summed E-state index contributed by atoms with van der Waals surface area (Å²) in [5, 5.41) is 5.68. The van der Waals surface area contributed by atoms with Crippen LogP contribution in [0.1, 0.15) is 25.0 Å². The van der Waals surface area contributed by atoms with Gasteiger partial charge >= 0.3 is 0 Å². The minimum Gasteiger partial charge on any atom is -0.456 e. The van der Waals surface area contributed by atoms with E-state index in [4.69, 9.17) is 9.40 Å². The summed E-state index contributed by atoms with van der Waals surface area (Å²) in [4.78, 5) is 7.59. The Morgan fingerprint density at radius 3 is 2.07 bits per heavy atom. The summed E-state index contributed by atoms with van der Waals surface area (Å²) in [5.41, 5.74) is 15.8. The Balaban J connectivity index is 1.08. The van der Waals surface area contributed by atoms with Crippen molar-refractivity contribution in [1.82, 2.24) is 9.55 Å². The lowest BCUT2D eigenvalue weighted by Gasteiger charge is -2.42. The van der Waals surface area contributed by atoms with E-state index in [1.165, 1.54) is 49.1 Å². The number of para-hydroxylation sites is 3. The summed E-state index contributed by atoms with van der Waals surface area (Å²) in [7, 11) is 0. The van der Waals surface area contributed by atoms with Gasteiger partial charge in [-0.05, 0) is 101 Å². The molecule has 4 heterocycles. The first-order valence-electron chi connectivity index (χ1n) is 19.5. The molecule has 11 aromatic rings. The first-order chi connectivity index (χ1) is 28.0. The lowest BCUT2D eigenvalue weighted by atomic mass is 9.73. The Labute approximate surface area is 333 Å². The number of thiazole rings is 1. The van der Waals surface area contributed by atoms with Crippen LogP contribution in [0.2, 0.25) is 0 Å². The maximum atomic E-state index is 6.25. The highest BCUT2D eigenvalue weighted by Crippen LogP contribution is 2.52. The zero-order valence-corrected chi connectivity index (χ0v) is 32.2. The Morgan fingerprint density at radius 2 is 1.19 bits per heavy atom.